The van der Waals surface area contributed by atoms with Crippen molar-refractivity contribution in [2.75, 3.05) is 6.54 Å². The van der Waals surface area contributed by atoms with Gasteiger partial charge < -0.3 is 15.7 Å². The molecule has 3 atom stereocenters. The van der Waals surface area contributed by atoms with Crippen LogP contribution in [0.5, 0.6) is 0 Å². The Kier molecular flexibility index (Phi) is 4.61. The predicted molar refractivity (Wildman–Crippen MR) is 73.2 cm³/mol. The fourth-order valence-electron chi connectivity index (χ4n) is 2.45. The van der Waals surface area contributed by atoms with Crippen molar-refractivity contribution in [2.45, 2.75) is 77.6 Å². The van der Waals surface area contributed by atoms with Gasteiger partial charge >= 0.3 is 0 Å². The summed E-state index contributed by atoms with van der Waals surface area (Å²) in [6, 6.07) is 0.252. The molecule has 0 aromatic rings. The highest BCUT2D eigenvalue weighted by molar-refractivity contribution is 4.93. The smallest absolute Gasteiger partial charge is 0.0696 e. The van der Waals surface area contributed by atoms with Gasteiger partial charge in [0.1, 0.15) is 0 Å². The quantitative estimate of drug-likeness (QED) is 0.708. The van der Waals surface area contributed by atoms with Crippen molar-refractivity contribution in [1.82, 2.24) is 10.6 Å². The first-order valence-corrected chi connectivity index (χ1v) is 6.78. The lowest BCUT2D eigenvalue weighted by molar-refractivity contribution is 0.133. The van der Waals surface area contributed by atoms with Gasteiger partial charge in [-0.2, -0.15) is 0 Å². The normalized spacial score (nSPS) is 30.9. The largest absolute Gasteiger partial charge is 0.391 e. The molecule has 0 heterocycles. The molecule has 1 fully saturated rings. The highest BCUT2D eigenvalue weighted by Crippen LogP contribution is 2.27. The summed E-state index contributed by atoms with van der Waals surface area (Å²) >= 11 is 0. The van der Waals surface area contributed by atoms with Gasteiger partial charge in [-0.25, -0.2) is 0 Å². The monoisotopic (exact) mass is 242 g/mol. The van der Waals surface area contributed by atoms with Crippen molar-refractivity contribution >= 4 is 0 Å². The standard InChI is InChI=1S/C14H30N2O/c1-13(2,3)15-9-10-7-11(12(17)8-10)16-14(4,5)6/h10-12,15-17H,7-9H2,1-6H3/t10-,11+,12+/m0/s1. The van der Waals surface area contributed by atoms with E-state index >= 15 is 0 Å². The van der Waals surface area contributed by atoms with Gasteiger partial charge in [0.05, 0.1) is 6.10 Å². The Hall–Kier alpha value is -0.120. The molecule has 0 unspecified atom stereocenters. The molecule has 1 aliphatic carbocycles. The van der Waals surface area contributed by atoms with Crippen LogP contribution < -0.4 is 10.6 Å². The molecule has 3 heteroatoms. The van der Waals surface area contributed by atoms with Crippen LogP contribution in [0.25, 0.3) is 0 Å². The fourth-order valence-corrected chi connectivity index (χ4v) is 2.45. The first-order chi connectivity index (χ1) is 7.57. The summed E-state index contributed by atoms with van der Waals surface area (Å²) in [5.74, 6) is 0.587. The zero-order valence-corrected chi connectivity index (χ0v) is 12.3. The second kappa shape index (κ2) is 5.25. The minimum absolute atomic E-state index is 0.0813. The molecule has 0 radical (unpaired) electrons. The molecule has 17 heavy (non-hydrogen) atoms. The summed E-state index contributed by atoms with van der Waals surface area (Å²) in [4.78, 5) is 0. The summed E-state index contributed by atoms with van der Waals surface area (Å²) in [5, 5.41) is 17.1. The number of aliphatic hydroxyl groups excluding tert-OH is 1. The molecule has 0 bridgehead atoms. The van der Waals surface area contributed by atoms with Gasteiger partial charge in [-0.1, -0.05) is 0 Å². The van der Waals surface area contributed by atoms with Crippen LogP contribution in [0.15, 0.2) is 0 Å². The Labute approximate surface area is 106 Å². The van der Waals surface area contributed by atoms with Gasteiger partial charge in [0.25, 0.3) is 0 Å². The summed E-state index contributed by atoms with van der Waals surface area (Å²) in [7, 11) is 0. The van der Waals surface area contributed by atoms with Crippen LogP contribution in [-0.4, -0.2) is 34.9 Å². The molecule has 3 nitrogen and oxygen atoms in total. The van der Waals surface area contributed by atoms with Gasteiger partial charge in [-0.15, -0.1) is 0 Å². The van der Waals surface area contributed by atoms with E-state index in [1.807, 2.05) is 0 Å². The van der Waals surface area contributed by atoms with Gasteiger partial charge in [0.15, 0.2) is 0 Å². The van der Waals surface area contributed by atoms with E-state index in [4.69, 9.17) is 0 Å². The predicted octanol–water partition coefficient (Wildman–Crippen LogP) is 1.90. The van der Waals surface area contributed by atoms with Crippen LogP contribution >= 0.6 is 0 Å². The zero-order chi connectivity index (χ0) is 13.3. The Morgan fingerprint density at radius 3 is 2.06 bits per heavy atom. The minimum atomic E-state index is -0.194. The van der Waals surface area contributed by atoms with E-state index < -0.39 is 0 Å². The molecule has 1 aliphatic rings. The molecule has 0 aliphatic heterocycles. The lowest BCUT2D eigenvalue weighted by atomic mass is 10.0. The third-order valence-electron chi connectivity index (χ3n) is 3.17. The van der Waals surface area contributed by atoms with Crippen molar-refractivity contribution in [1.29, 1.82) is 0 Å². The van der Waals surface area contributed by atoms with E-state index in [1.165, 1.54) is 0 Å². The van der Waals surface area contributed by atoms with Crippen LogP contribution in [0.4, 0.5) is 0 Å². The molecular formula is C14H30N2O. The Balaban J connectivity index is 2.39. The van der Waals surface area contributed by atoms with Gasteiger partial charge in [-0.05, 0) is 66.8 Å². The molecule has 0 spiro atoms. The number of nitrogens with one attached hydrogen (secondary N) is 2. The third kappa shape index (κ3) is 5.84. The fraction of sp³-hybridized carbons (Fsp3) is 1.00. The van der Waals surface area contributed by atoms with Gasteiger partial charge in [-0.3, -0.25) is 0 Å². The van der Waals surface area contributed by atoms with Gasteiger partial charge in [0, 0.05) is 17.1 Å². The number of aliphatic hydroxyl groups is 1. The van der Waals surface area contributed by atoms with E-state index in [1.54, 1.807) is 0 Å². The molecular weight excluding hydrogens is 212 g/mol. The van der Waals surface area contributed by atoms with Crippen molar-refractivity contribution in [2.24, 2.45) is 5.92 Å². The molecule has 102 valence electrons. The SMILES string of the molecule is CC(C)(C)NC[C@@H]1C[C@@H](O)[C@H](NC(C)(C)C)C1. The second-order valence-electron chi connectivity index (χ2n) is 7.54. The summed E-state index contributed by atoms with van der Waals surface area (Å²) in [6.45, 7) is 14.0. The topological polar surface area (TPSA) is 44.3 Å². The molecule has 0 saturated heterocycles. The Bertz CT molecular complexity index is 240. The maximum absolute atomic E-state index is 10.1. The molecule has 3 N–H and O–H groups in total. The second-order valence-corrected chi connectivity index (χ2v) is 7.54. The van der Waals surface area contributed by atoms with Crippen LogP contribution in [-0.2, 0) is 0 Å². The summed E-state index contributed by atoms with van der Waals surface area (Å²) in [6.07, 6.45) is 1.79. The van der Waals surface area contributed by atoms with Crippen LogP contribution in [0.3, 0.4) is 0 Å². The van der Waals surface area contributed by atoms with E-state index in [9.17, 15) is 5.11 Å². The highest BCUT2D eigenvalue weighted by Gasteiger charge is 2.34. The van der Waals surface area contributed by atoms with Crippen molar-refractivity contribution in [3.63, 3.8) is 0 Å². The van der Waals surface area contributed by atoms with E-state index in [0.717, 1.165) is 19.4 Å². The first kappa shape index (κ1) is 14.9. The van der Waals surface area contributed by atoms with E-state index in [2.05, 4.69) is 52.2 Å². The molecule has 0 aromatic heterocycles. The summed E-state index contributed by atoms with van der Waals surface area (Å²) < 4.78 is 0. The minimum Gasteiger partial charge on any atom is -0.391 e. The Morgan fingerprint density at radius 2 is 1.59 bits per heavy atom. The van der Waals surface area contributed by atoms with E-state index in [-0.39, 0.29) is 23.2 Å². The summed E-state index contributed by atoms with van der Waals surface area (Å²) in [5.41, 5.74) is 0.248. The number of hydrogen-bond donors (Lipinski definition) is 3. The maximum atomic E-state index is 10.1. The highest BCUT2D eigenvalue weighted by atomic mass is 16.3. The van der Waals surface area contributed by atoms with Crippen molar-refractivity contribution in [3.05, 3.63) is 0 Å². The third-order valence-corrected chi connectivity index (χ3v) is 3.17. The van der Waals surface area contributed by atoms with Crippen molar-refractivity contribution in [3.8, 4) is 0 Å². The Morgan fingerprint density at radius 1 is 1.00 bits per heavy atom. The molecule has 1 saturated carbocycles. The average molecular weight is 242 g/mol. The van der Waals surface area contributed by atoms with Crippen LogP contribution in [0.1, 0.15) is 54.4 Å². The first-order valence-electron chi connectivity index (χ1n) is 6.78. The maximum Gasteiger partial charge on any atom is 0.0696 e. The lowest BCUT2D eigenvalue weighted by Crippen LogP contribution is -2.47. The average Bonchev–Trinajstić information content (AvgIpc) is 2.40. The number of rotatable bonds is 3. The van der Waals surface area contributed by atoms with Gasteiger partial charge in [0.2, 0.25) is 0 Å². The van der Waals surface area contributed by atoms with Crippen molar-refractivity contribution < 1.29 is 5.11 Å². The van der Waals surface area contributed by atoms with Crippen LogP contribution in [0.2, 0.25) is 0 Å². The molecule has 0 amide bonds. The number of hydrogen-bond acceptors (Lipinski definition) is 3. The van der Waals surface area contributed by atoms with E-state index in [0.29, 0.717) is 5.92 Å². The van der Waals surface area contributed by atoms with Crippen LogP contribution in [0, 0.1) is 5.92 Å². The molecule has 0 aromatic carbocycles. The lowest BCUT2D eigenvalue weighted by Gasteiger charge is -2.28. The molecule has 1 rings (SSSR count). The zero-order valence-electron chi connectivity index (χ0n) is 12.3.